The number of aryl methyl sites for hydroxylation is 1. The lowest BCUT2D eigenvalue weighted by molar-refractivity contribution is -0.112. The van der Waals surface area contributed by atoms with E-state index in [2.05, 4.69) is 21.8 Å². The Labute approximate surface area is 88.4 Å². The van der Waals surface area contributed by atoms with Gasteiger partial charge in [-0.2, -0.15) is 0 Å². The maximum atomic E-state index is 5.46. The standard InChI is InChI=1S/C10H13N5/c1-8(11)4-5-9(2)13-14-10-12-6-7-15(10)3/h4-7,11H,2H2,1,3H3/p+1/b5-4-,11-8?,14-13?. The van der Waals surface area contributed by atoms with Gasteiger partial charge in [-0.25, -0.2) is 4.98 Å². The molecular weight excluding hydrogens is 190 g/mol. The molecule has 0 aliphatic carbocycles. The third-order valence-electron chi connectivity index (χ3n) is 1.60. The summed E-state index contributed by atoms with van der Waals surface area (Å²) in [5.74, 6) is 0.540. The van der Waals surface area contributed by atoms with Gasteiger partial charge in [-0.05, 0) is 6.08 Å². The fourth-order valence-electron chi connectivity index (χ4n) is 0.824. The third kappa shape index (κ3) is 3.68. The first-order valence-corrected chi connectivity index (χ1v) is 4.44. The number of allylic oxidation sites excluding steroid dienone is 2. The molecule has 0 bridgehead atoms. The van der Waals surface area contributed by atoms with Crippen LogP contribution in [0.4, 0.5) is 5.95 Å². The van der Waals surface area contributed by atoms with Gasteiger partial charge in [0.25, 0.3) is 0 Å². The predicted octanol–water partition coefficient (Wildman–Crippen LogP) is 0.794. The molecule has 0 aromatic carbocycles. The van der Waals surface area contributed by atoms with Crippen LogP contribution in [-0.4, -0.2) is 15.3 Å². The van der Waals surface area contributed by atoms with E-state index >= 15 is 0 Å². The first-order valence-electron chi connectivity index (χ1n) is 4.44. The predicted molar refractivity (Wildman–Crippen MR) is 58.6 cm³/mol. The van der Waals surface area contributed by atoms with Gasteiger partial charge in [0.05, 0.1) is 5.70 Å². The lowest BCUT2D eigenvalue weighted by Crippen LogP contribution is -2.35. The first kappa shape index (κ1) is 11.0. The highest BCUT2D eigenvalue weighted by molar-refractivity contribution is 5.87. The molecule has 1 aromatic rings. The number of nitrogens with zero attached hydrogens (tertiary/aromatic N) is 4. The molecule has 15 heavy (non-hydrogen) atoms. The molecule has 1 rings (SSSR count). The molecule has 0 unspecified atom stereocenters. The molecule has 0 spiro atoms. The molecule has 5 heteroatoms. The highest BCUT2D eigenvalue weighted by atomic mass is 15.2. The van der Waals surface area contributed by atoms with Gasteiger partial charge in [0.2, 0.25) is 5.95 Å². The lowest BCUT2D eigenvalue weighted by Gasteiger charge is -1.91. The van der Waals surface area contributed by atoms with Crippen molar-refractivity contribution in [2.24, 2.45) is 17.3 Å². The van der Waals surface area contributed by atoms with Gasteiger partial charge in [0.1, 0.15) is 0 Å². The van der Waals surface area contributed by atoms with Gasteiger partial charge in [-0.1, -0.05) is 6.58 Å². The minimum atomic E-state index is 0.530. The van der Waals surface area contributed by atoms with Gasteiger partial charge in [-0.3, -0.25) is 5.41 Å². The molecule has 0 saturated carbocycles. The highest BCUT2D eigenvalue weighted by Gasteiger charge is 1.94. The average Bonchev–Trinajstić information content (AvgIpc) is 2.58. The van der Waals surface area contributed by atoms with Crippen LogP contribution in [0.25, 0.3) is 0 Å². The van der Waals surface area contributed by atoms with Crippen molar-refractivity contribution < 1.29 is 5.41 Å². The first-order chi connectivity index (χ1) is 7.09. The van der Waals surface area contributed by atoms with E-state index in [1.54, 1.807) is 36.0 Å². The van der Waals surface area contributed by atoms with Crippen LogP contribution in [0.1, 0.15) is 6.92 Å². The number of rotatable bonds is 4. The average molecular weight is 204 g/mol. The van der Waals surface area contributed by atoms with E-state index in [-0.39, 0.29) is 0 Å². The van der Waals surface area contributed by atoms with E-state index in [4.69, 9.17) is 5.41 Å². The Bertz CT molecular complexity index is 425. The van der Waals surface area contributed by atoms with E-state index in [1.165, 1.54) is 0 Å². The maximum Gasteiger partial charge on any atom is 0.249 e. The van der Waals surface area contributed by atoms with Crippen molar-refractivity contribution in [2.45, 2.75) is 6.92 Å². The number of azo groups is 1. The zero-order chi connectivity index (χ0) is 11.3. The van der Waals surface area contributed by atoms with Crippen molar-refractivity contribution in [3.05, 3.63) is 36.8 Å². The van der Waals surface area contributed by atoms with Crippen molar-refractivity contribution in [2.75, 3.05) is 0 Å². The number of hydrogen-bond donors (Lipinski definition) is 1. The van der Waals surface area contributed by atoms with Gasteiger partial charge < -0.3 is 4.57 Å². The maximum absolute atomic E-state index is 5.46. The molecule has 0 aliphatic rings. The van der Waals surface area contributed by atoms with Crippen LogP contribution in [0.2, 0.25) is 0 Å². The van der Waals surface area contributed by atoms with Crippen LogP contribution in [0.15, 0.2) is 47.1 Å². The number of nitrogens with two attached hydrogens (primary N) is 1. The van der Waals surface area contributed by atoms with Crippen LogP contribution in [0, 0.1) is 0 Å². The molecule has 78 valence electrons. The molecule has 0 fully saturated rings. The van der Waals surface area contributed by atoms with Crippen LogP contribution >= 0.6 is 0 Å². The van der Waals surface area contributed by atoms with Crippen LogP contribution < -0.4 is 5.41 Å². The largest absolute Gasteiger partial charge is 0.317 e. The zero-order valence-electron chi connectivity index (χ0n) is 8.88. The second-order valence-corrected chi connectivity index (χ2v) is 3.11. The van der Waals surface area contributed by atoms with Gasteiger partial charge >= 0.3 is 0 Å². The minimum Gasteiger partial charge on any atom is -0.317 e. The summed E-state index contributed by atoms with van der Waals surface area (Å²) in [6.07, 6.45) is 6.87. The Morgan fingerprint density at radius 1 is 1.60 bits per heavy atom. The Kier molecular flexibility index (Phi) is 3.68. The SMILES string of the molecule is C=C(/C=C\C(C)=[NH2+])N=Nc1nccn1C. The monoisotopic (exact) mass is 204 g/mol. The van der Waals surface area contributed by atoms with E-state index in [1.807, 2.05) is 7.05 Å². The van der Waals surface area contributed by atoms with Crippen molar-refractivity contribution >= 4 is 11.7 Å². The highest BCUT2D eigenvalue weighted by Crippen LogP contribution is 2.08. The second kappa shape index (κ2) is 4.99. The summed E-state index contributed by atoms with van der Waals surface area (Å²) in [5, 5.41) is 13.3. The Morgan fingerprint density at radius 2 is 2.33 bits per heavy atom. The molecule has 0 atom stereocenters. The van der Waals surface area contributed by atoms with E-state index < -0.39 is 0 Å². The summed E-state index contributed by atoms with van der Waals surface area (Å²) in [5.41, 5.74) is 1.23. The fourth-order valence-corrected chi connectivity index (χ4v) is 0.824. The van der Waals surface area contributed by atoms with Gasteiger partial charge in [0, 0.05) is 32.4 Å². The molecule has 0 radical (unpaired) electrons. The van der Waals surface area contributed by atoms with Crippen LogP contribution in [0.5, 0.6) is 0 Å². The number of imidazole rings is 1. The van der Waals surface area contributed by atoms with Crippen molar-refractivity contribution in [1.29, 1.82) is 0 Å². The molecule has 1 aromatic heterocycles. The molecule has 2 N–H and O–H groups in total. The molecule has 0 amide bonds. The van der Waals surface area contributed by atoms with Gasteiger partial charge in [0.15, 0.2) is 5.71 Å². The number of hydrogen-bond acceptors (Lipinski definition) is 3. The summed E-state index contributed by atoms with van der Waals surface area (Å²) in [6, 6.07) is 0. The molecule has 0 aliphatic heterocycles. The van der Waals surface area contributed by atoms with Crippen molar-refractivity contribution in [3.63, 3.8) is 0 Å². The molecular formula is C10H14N5+. The lowest BCUT2D eigenvalue weighted by atomic mass is 10.3. The van der Waals surface area contributed by atoms with E-state index in [9.17, 15) is 0 Å². The van der Waals surface area contributed by atoms with Crippen LogP contribution in [0.3, 0.4) is 0 Å². The van der Waals surface area contributed by atoms with Gasteiger partial charge in [-0.15, -0.1) is 10.2 Å². The fraction of sp³-hybridized carbons (Fsp3) is 0.200. The topological polar surface area (TPSA) is 68.1 Å². The third-order valence-corrected chi connectivity index (χ3v) is 1.60. The summed E-state index contributed by atoms with van der Waals surface area (Å²) < 4.78 is 1.76. The Morgan fingerprint density at radius 3 is 2.87 bits per heavy atom. The summed E-state index contributed by atoms with van der Waals surface area (Å²) in [4.78, 5) is 3.99. The quantitative estimate of drug-likeness (QED) is 0.440. The Hall–Kier alpha value is -2.04. The van der Waals surface area contributed by atoms with Crippen LogP contribution in [-0.2, 0) is 7.05 Å². The summed E-state index contributed by atoms with van der Waals surface area (Å²) >= 11 is 0. The summed E-state index contributed by atoms with van der Waals surface area (Å²) in [7, 11) is 1.85. The molecule has 1 heterocycles. The number of aromatic nitrogens is 2. The summed E-state index contributed by atoms with van der Waals surface area (Å²) in [6.45, 7) is 5.49. The Balaban J connectivity index is 2.63. The van der Waals surface area contributed by atoms with Crippen molar-refractivity contribution in [3.8, 4) is 0 Å². The normalized spacial score (nSPS) is 11.3. The van der Waals surface area contributed by atoms with E-state index in [0.717, 1.165) is 0 Å². The second-order valence-electron chi connectivity index (χ2n) is 3.11. The van der Waals surface area contributed by atoms with Crippen molar-refractivity contribution in [1.82, 2.24) is 9.55 Å². The van der Waals surface area contributed by atoms with E-state index in [0.29, 0.717) is 17.4 Å². The molecule has 5 nitrogen and oxygen atoms in total. The molecule has 0 saturated heterocycles. The minimum absolute atomic E-state index is 0.530. The zero-order valence-corrected chi connectivity index (χ0v) is 8.88. The smallest absolute Gasteiger partial charge is 0.249 e.